The number of halogens is 2. The SMILES string of the molecule is O=S(=O)(CCN1CCc2ccccc2C1)c1cc(Cl)ccc1Cl. The van der Waals surface area contributed by atoms with Crippen molar-refractivity contribution in [1.82, 2.24) is 4.90 Å². The highest BCUT2D eigenvalue weighted by Crippen LogP contribution is 2.26. The molecule has 6 heteroatoms. The van der Waals surface area contributed by atoms with Gasteiger partial charge in [-0.25, -0.2) is 8.42 Å². The van der Waals surface area contributed by atoms with Crippen LogP contribution in [0.15, 0.2) is 47.4 Å². The Morgan fingerprint density at radius 1 is 1.04 bits per heavy atom. The van der Waals surface area contributed by atoms with E-state index in [-0.39, 0.29) is 15.7 Å². The van der Waals surface area contributed by atoms with Crippen LogP contribution in [-0.2, 0) is 22.8 Å². The molecule has 0 aliphatic carbocycles. The molecule has 0 radical (unpaired) electrons. The third-order valence-corrected chi connectivity index (χ3v) is 6.52. The molecular formula is C17H17Cl2NO2S. The van der Waals surface area contributed by atoms with Gasteiger partial charge in [-0.05, 0) is 35.7 Å². The molecule has 1 aliphatic heterocycles. The van der Waals surface area contributed by atoms with Gasteiger partial charge in [0.05, 0.1) is 15.7 Å². The molecule has 122 valence electrons. The molecule has 1 aliphatic rings. The topological polar surface area (TPSA) is 37.4 Å². The van der Waals surface area contributed by atoms with Gasteiger partial charge in [-0.1, -0.05) is 47.5 Å². The van der Waals surface area contributed by atoms with Crippen LogP contribution in [0, 0.1) is 0 Å². The van der Waals surface area contributed by atoms with Crippen LogP contribution in [-0.4, -0.2) is 32.2 Å². The summed E-state index contributed by atoms with van der Waals surface area (Å²) in [4.78, 5) is 2.28. The van der Waals surface area contributed by atoms with Crippen molar-refractivity contribution in [1.29, 1.82) is 0 Å². The van der Waals surface area contributed by atoms with E-state index in [1.807, 2.05) is 12.1 Å². The van der Waals surface area contributed by atoms with E-state index in [9.17, 15) is 8.42 Å². The van der Waals surface area contributed by atoms with Gasteiger partial charge in [0, 0.05) is 24.7 Å². The van der Waals surface area contributed by atoms with Crippen LogP contribution < -0.4 is 0 Å². The zero-order chi connectivity index (χ0) is 16.4. The Bertz CT molecular complexity index is 821. The summed E-state index contributed by atoms with van der Waals surface area (Å²) in [6.07, 6.45) is 0.953. The third-order valence-electron chi connectivity index (χ3n) is 4.11. The molecule has 0 N–H and O–H groups in total. The highest BCUT2D eigenvalue weighted by molar-refractivity contribution is 7.91. The van der Waals surface area contributed by atoms with Crippen molar-refractivity contribution in [3.05, 3.63) is 63.6 Å². The minimum absolute atomic E-state index is 0.0369. The van der Waals surface area contributed by atoms with Gasteiger partial charge in [0.1, 0.15) is 0 Å². The van der Waals surface area contributed by atoms with E-state index in [1.165, 1.54) is 23.3 Å². The van der Waals surface area contributed by atoms with Crippen molar-refractivity contribution in [2.45, 2.75) is 17.9 Å². The number of fused-ring (bicyclic) bond motifs is 1. The van der Waals surface area contributed by atoms with Crippen LogP contribution in [0.2, 0.25) is 10.0 Å². The fourth-order valence-electron chi connectivity index (χ4n) is 2.82. The average Bonchev–Trinajstić information content (AvgIpc) is 2.55. The van der Waals surface area contributed by atoms with Crippen molar-refractivity contribution in [3.8, 4) is 0 Å². The molecule has 0 spiro atoms. The Hall–Kier alpha value is -1.07. The van der Waals surface area contributed by atoms with Gasteiger partial charge in [-0.15, -0.1) is 0 Å². The molecule has 2 aromatic carbocycles. The van der Waals surface area contributed by atoms with Crippen LogP contribution in [0.4, 0.5) is 0 Å². The molecule has 3 nitrogen and oxygen atoms in total. The van der Waals surface area contributed by atoms with Crippen molar-refractivity contribution in [3.63, 3.8) is 0 Å². The average molecular weight is 370 g/mol. The lowest BCUT2D eigenvalue weighted by atomic mass is 10.0. The molecular weight excluding hydrogens is 353 g/mol. The maximum absolute atomic E-state index is 12.5. The fourth-order valence-corrected chi connectivity index (χ4v) is 4.92. The maximum Gasteiger partial charge on any atom is 0.181 e. The molecule has 0 saturated heterocycles. The number of hydrogen-bond acceptors (Lipinski definition) is 3. The normalized spacial score (nSPS) is 15.4. The second-order valence-corrected chi connectivity index (χ2v) is 8.61. The van der Waals surface area contributed by atoms with Crippen LogP contribution in [0.1, 0.15) is 11.1 Å². The Kier molecular flexibility index (Phi) is 4.97. The van der Waals surface area contributed by atoms with Crippen molar-refractivity contribution in [2.75, 3.05) is 18.8 Å². The summed E-state index contributed by atoms with van der Waals surface area (Å²) < 4.78 is 25.0. The third kappa shape index (κ3) is 3.89. The Morgan fingerprint density at radius 3 is 2.57 bits per heavy atom. The molecule has 0 amide bonds. The fraction of sp³-hybridized carbons (Fsp3) is 0.294. The standard InChI is InChI=1S/C17H17Cl2NO2S/c18-15-5-6-16(19)17(11-15)23(21,22)10-9-20-8-7-13-3-1-2-4-14(13)12-20/h1-6,11H,7-10,12H2. The number of nitrogens with zero attached hydrogens (tertiary/aromatic N) is 1. The quantitative estimate of drug-likeness (QED) is 0.821. The van der Waals surface area contributed by atoms with Crippen molar-refractivity contribution >= 4 is 33.0 Å². The number of rotatable bonds is 4. The highest BCUT2D eigenvalue weighted by atomic mass is 35.5. The monoisotopic (exact) mass is 369 g/mol. The second kappa shape index (κ2) is 6.81. The summed E-state index contributed by atoms with van der Waals surface area (Å²) in [5.41, 5.74) is 2.63. The van der Waals surface area contributed by atoms with Gasteiger partial charge in [0.2, 0.25) is 0 Å². The van der Waals surface area contributed by atoms with E-state index in [2.05, 4.69) is 17.0 Å². The first-order valence-corrected chi connectivity index (χ1v) is 9.83. The van der Waals surface area contributed by atoms with Crippen LogP contribution in [0.25, 0.3) is 0 Å². The van der Waals surface area contributed by atoms with Gasteiger partial charge in [0.25, 0.3) is 0 Å². The first-order valence-electron chi connectivity index (χ1n) is 7.43. The zero-order valence-corrected chi connectivity index (χ0v) is 14.8. The van der Waals surface area contributed by atoms with Gasteiger partial charge in [-0.2, -0.15) is 0 Å². The minimum Gasteiger partial charge on any atom is -0.298 e. The summed E-state index contributed by atoms with van der Waals surface area (Å²) in [6.45, 7) is 2.14. The first-order chi connectivity index (χ1) is 11.0. The van der Waals surface area contributed by atoms with E-state index < -0.39 is 9.84 Å². The number of sulfone groups is 1. The van der Waals surface area contributed by atoms with E-state index in [4.69, 9.17) is 23.2 Å². The van der Waals surface area contributed by atoms with E-state index in [1.54, 1.807) is 6.07 Å². The van der Waals surface area contributed by atoms with Gasteiger partial charge < -0.3 is 0 Å². The molecule has 23 heavy (non-hydrogen) atoms. The van der Waals surface area contributed by atoms with Gasteiger partial charge in [-0.3, -0.25) is 4.90 Å². The first kappa shape index (κ1) is 16.8. The lowest BCUT2D eigenvalue weighted by molar-refractivity contribution is 0.269. The highest BCUT2D eigenvalue weighted by Gasteiger charge is 2.22. The predicted molar refractivity (Wildman–Crippen MR) is 93.9 cm³/mol. The van der Waals surface area contributed by atoms with E-state index in [0.29, 0.717) is 11.6 Å². The lowest BCUT2D eigenvalue weighted by Crippen LogP contribution is -2.34. The largest absolute Gasteiger partial charge is 0.298 e. The molecule has 0 bridgehead atoms. The summed E-state index contributed by atoms with van der Waals surface area (Å²) in [6, 6.07) is 12.8. The van der Waals surface area contributed by atoms with Crippen molar-refractivity contribution in [2.24, 2.45) is 0 Å². The maximum atomic E-state index is 12.5. The Morgan fingerprint density at radius 2 is 1.78 bits per heavy atom. The van der Waals surface area contributed by atoms with Crippen LogP contribution in [0.3, 0.4) is 0 Å². The molecule has 0 fully saturated rings. The Balaban J connectivity index is 1.70. The summed E-state index contributed by atoms with van der Waals surface area (Å²) >= 11 is 11.9. The van der Waals surface area contributed by atoms with Crippen molar-refractivity contribution < 1.29 is 8.42 Å². The molecule has 1 heterocycles. The predicted octanol–water partition coefficient (Wildman–Crippen LogP) is 3.83. The molecule has 0 saturated carbocycles. The smallest absolute Gasteiger partial charge is 0.181 e. The summed E-state index contributed by atoms with van der Waals surface area (Å²) in [5, 5.41) is 0.596. The van der Waals surface area contributed by atoms with Crippen LogP contribution in [0.5, 0.6) is 0 Å². The minimum atomic E-state index is -3.45. The molecule has 0 aromatic heterocycles. The van der Waals surface area contributed by atoms with E-state index in [0.717, 1.165) is 19.5 Å². The molecule has 0 atom stereocenters. The zero-order valence-electron chi connectivity index (χ0n) is 12.5. The molecule has 2 aromatic rings. The lowest BCUT2D eigenvalue weighted by Gasteiger charge is -2.28. The summed E-state index contributed by atoms with van der Waals surface area (Å²) in [7, 11) is -3.45. The molecule has 0 unspecified atom stereocenters. The van der Waals surface area contributed by atoms with Crippen LogP contribution >= 0.6 is 23.2 Å². The number of hydrogen-bond donors (Lipinski definition) is 0. The summed E-state index contributed by atoms with van der Waals surface area (Å²) in [5.74, 6) is 0.0369. The van der Waals surface area contributed by atoms with Gasteiger partial charge >= 0.3 is 0 Å². The van der Waals surface area contributed by atoms with E-state index >= 15 is 0 Å². The Labute approximate surface area is 146 Å². The number of benzene rings is 2. The molecule has 3 rings (SSSR count). The second-order valence-electron chi connectivity index (χ2n) is 5.69. The van der Waals surface area contributed by atoms with Gasteiger partial charge in [0.15, 0.2) is 9.84 Å².